The molecule has 0 radical (unpaired) electrons. The third-order valence-electron chi connectivity index (χ3n) is 12.0. The van der Waals surface area contributed by atoms with E-state index < -0.39 is 21.3 Å². The molecule has 0 bridgehead atoms. The number of halogens is 2. The number of allylic oxidation sites excluding steroid dienone is 4. The van der Waals surface area contributed by atoms with E-state index in [1.54, 1.807) is 26.5 Å². The van der Waals surface area contributed by atoms with Gasteiger partial charge in [0.25, 0.3) is 0 Å². The van der Waals surface area contributed by atoms with Gasteiger partial charge < -0.3 is 24.8 Å². The molecule has 0 aromatic heterocycles. The summed E-state index contributed by atoms with van der Waals surface area (Å²) in [6, 6.07) is 32.2. The maximum absolute atomic E-state index is 3.01. The third kappa shape index (κ3) is 9.06. The molecular formula is C52H66Cl2Zr. The number of fused-ring (bicyclic) bond motifs is 3. The van der Waals surface area contributed by atoms with Crippen molar-refractivity contribution in [1.29, 1.82) is 0 Å². The molecule has 0 heterocycles. The van der Waals surface area contributed by atoms with E-state index in [1.165, 1.54) is 50.1 Å². The van der Waals surface area contributed by atoms with Gasteiger partial charge in [0.15, 0.2) is 0 Å². The van der Waals surface area contributed by atoms with Crippen molar-refractivity contribution in [3.05, 3.63) is 144 Å². The van der Waals surface area contributed by atoms with Crippen LogP contribution in [0.15, 0.2) is 99.4 Å². The second-order valence-electron chi connectivity index (χ2n) is 20.6. The van der Waals surface area contributed by atoms with Crippen molar-refractivity contribution in [1.82, 2.24) is 0 Å². The van der Waals surface area contributed by atoms with Crippen LogP contribution >= 0.6 is 0 Å². The van der Waals surface area contributed by atoms with Crippen molar-refractivity contribution in [3.8, 4) is 11.1 Å². The zero-order valence-electron chi connectivity index (χ0n) is 36.7. The molecule has 0 N–H and O–H groups in total. The first-order valence-electron chi connectivity index (χ1n) is 20.2. The monoisotopic (exact) mass is 850 g/mol. The molecule has 3 heteroatoms. The van der Waals surface area contributed by atoms with E-state index in [0.29, 0.717) is 11.8 Å². The Labute approximate surface area is 355 Å². The van der Waals surface area contributed by atoms with E-state index >= 15 is 0 Å². The van der Waals surface area contributed by atoms with Crippen LogP contribution in [-0.2, 0) is 49.3 Å². The third-order valence-corrected chi connectivity index (χ3v) is 20.4. The molecular weight excluding hydrogens is 787 g/mol. The first-order valence-corrected chi connectivity index (χ1v) is 23.9. The molecule has 0 amide bonds. The van der Waals surface area contributed by atoms with E-state index in [9.17, 15) is 0 Å². The van der Waals surface area contributed by atoms with Gasteiger partial charge in [-0.15, -0.1) is 0 Å². The average Bonchev–Trinajstić information content (AvgIpc) is 3.57. The Hall–Kier alpha value is -2.31. The van der Waals surface area contributed by atoms with E-state index in [1.807, 2.05) is 0 Å². The normalized spacial score (nSPS) is 15.5. The van der Waals surface area contributed by atoms with Gasteiger partial charge in [-0.2, -0.15) is 0 Å². The van der Waals surface area contributed by atoms with Gasteiger partial charge in [0.1, 0.15) is 0 Å². The standard InChI is InChI=1S/C21H25.C21H26.C10H15.2ClH.Zr/c1-20(2,3)16-9-7-14-11-15-8-10-17(21(4,5)6)13-19(15)18(14)12-16;1-20(2,3)18-11-7-16(8-12-18)15-17-9-13-19(14-10-17)21(4,5)6;1-7(2)10-6-8(3)5-9(10)4;;;/h7,9-10,12-13H,11H2,1-6H3;7-14H,1-6H3;6-8H,1-4H3;2*1H;/q;;;;;+2/p-2. The van der Waals surface area contributed by atoms with Crippen LogP contribution in [0.4, 0.5) is 0 Å². The fraction of sp³-hybridized carbons (Fsp3) is 0.442. The molecule has 2 aliphatic rings. The second kappa shape index (κ2) is 16.2. The second-order valence-corrected chi connectivity index (χ2v) is 26.3. The van der Waals surface area contributed by atoms with E-state index in [2.05, 4.69) is 196 Å². The molecule has 1 unspecified atom stereocenters. The van der Waals surface area contributed by atoms with Gasteiger partial charge in [-0.3, -0.25) is 0 Å². The summed E-state index contributed by atoms with van der Waals surface area (Å²) in [6.45, 7) is 38.0. The minimum atomic E-state index is -3.01. The Kier molecular flexibility index (Phi) is 13.3. The van der Waals surface area contributed by atoms with Gasteiger partial charge in [0.2, 0.25) is 0 Å². The molecule has 0 aliphatic heterocycles. The van der Waals surface area contributed by atoms with Crippen LogP contribution < -0.4 is 28.1 Å². The summed E-state index contributed by atoms with van der Waals surface area (Å²) in [4.78, 5) is 0. The summed E-state index contributed by atoms with van der Waals surface area (Å²) >= 11 is -3.01. The van der Waals surface area contributed by atoms with Crippen LogP contribution in [-0.4, -0.2) is 3.21 Å². The molecule has 0 saturated heterocycles. The molecule has 292 valence electrons. The quantitative estimate of drug-likeness (QED) is 0.172. The summed E-state index contributed by atoms with van der Waals surface area (Å²) in [5.74, 6) is 0.927. The summed E-state index contributed by atoms with van der Waals surface area (Å²) in [7, 11) is 0. The summed E-state index contributed by atoms with van der Waals surface area (Å²) < 4.78 is 5.05. The largest absolute Gasteiger partial charge is 1.00 e. The predicted octanol–water partition coefficient (Wildman–Crippen LogP) is 7.47. The van der Waals surface area contributed by atoms with Gasteiger partial charge in [-0.05, 0) is 0 Å². The van der Waals surface area contributed by atoms with Crippen molar-refractivity contribution in [2.24, 2.45) is 11.8 Å². The van der Waals surface area contributed by atoms with Crippen molar-refractivity contribution in [2.45, 2.75) is 139 Å². The van der Waals surface area contributed by atoms with Gasteiger partial charge in [-0.1, -0.05) is 0 Å². The number of rotatable bonds is 5. The van der Waals surface area contributed by atoms with Crippen LogP contribution in [0.1, 0.15) is 155 Å². The summed E-state index contributed by atoms with van der Waals surface area (Å²) in [5, 5.41) is 0. The first kappa shape index (κ1) is 45.4. The number of benzene rings is 4. The topological polar surface area (TPSA) is 0 Å². The van der Waals surface area contributed by atoms with Crippen molar-refractivity contribution in [2.75, 3.05) is 0 Å². The maximum atomic E-state index is 2.71. The van der Waals surface area contributed by atoms with Crippen LogP contribution in [0.2, 0.25) is 0 Å². The van der Waals surface area contributed by atoms with Crippen LogP contribution in [0.25, 0.3) is 11.1 Å². The van der Waals surface area contributed by atoms with Crippen LogP contribution in [0.5, 0.6) is 0 Å². The molecule has 1 atom stereocenters. The predicted molar refractivity (Wildman–Crippen MR) is 230 cm³/mol. The molecule has 4 aromatic carbocycles. The Morgan fingerprint density at radius 1 is 0.582 bits per heavy atom. The van der Waals surface area contributed by atoms with E-state index in [0.717, 1.165) is 6.42 Å². The maximum Gasteiger partial charge on any atom is -1.00 e. The van der Waals surface area contributed by atoms with Gasteiger partial charge in [-0.25, -0.2) is 0 Å². The minimum absolute atomic E-state index is 0. The molecule has 4 aromatic rings. The number of hydrogen-bond donors (Lipinski definition) is 0. The Balaban J connectivity index is 0.00000336. The molecule has 0 spiro atoms. The molecule has 0 fully saturated rings. The molecule has 0 saturated carbocycles. The molecule has 0 nitrogen and oxygen atoms in total. The van der Waals surface area contributed by atoms with Gasteiger partial charge in [0, 0.05) is 0 Å². The Bertz CT molecular complexity index is 2080. The van der Waals surface area contributed by atoms with E-state index in [4.69, 9.17) is 0 Å². The number of hydrogen-bond acceptors (Lipinski definition) is 0. The summed E-state index contributed by atoms with van der Waals surface area (Å²) in [5.41, 5.74) is 17.9. The van der Waals surface area contributed by atoms with Gasteiger partial charge in [0.05, 0.1) is 0 Å². The zero-order chi connectivity index (χ0) is 39.0. The SMILES string of the molecule is CC1=[C]([Zr+2](=[C](c2ccc(C(C)(C)C)cc2)c2ccc(C(C)(C)C)cc2)[c]2cc(C(C)(C)C)cc3c2Cc2ccc(C(C)(C)C)cc2-3)C(C)C=C1C(C)C.[Cl-].[Cl-]. The van der Waals surface area contributed by atoms with E-state index in [-0.39, 0.29) is 46.5 Å². The molecule has 55 heavy (non-hydrogen) atoms. The van der Waals surface area contributed by atoms with Crippen molar-refractivity contribution < 1.29 is 46.1 Å². The minimum Gasteiger partial charge on any atom is -1.00 e. The van der Waals surface area contributed by atoms with Gasteiger partial charge >= 0.3 is 333 Å². The van der Waals surface area contributed by atoms with Crippen molar-refractivity contribution in [3.63, 3.8) is 0 Å². The summed E-state index contributed by atoms with van der Waals surface area (Å²) in [6.07, 6.45) is 3.64. The first-order chi connectivity index (χ1) is 24.5. The smallest absolute Gasteiger partial charge is 1.00 e. The van der Waals surface area contributed by atoms with Crippen molar-refractivity contribution >= 4 is 6.48 Å². The fourth-order valence-electron chi connectivity index (χ4n) is 8.56. The van der Waals surface area contributed by atoms with Crippen LogP contribution in [0, 0.1) is 11.8 Å². The average molecular weight is 853 g/mol. The Morgan fingerprint density at radius 2 is 1.02 bits per heavy atom. The fourth-order valence-corrected chi connectivity index (χ4v) is 17.5. The Morgan fingerprint density at radius 3 is 1.44 bits per heavy atom. The molecule has 6 rings (SSSR count). The zero-order valence-corrected chi connectivity index (χ0v) is 40.7. The molecule has 2 aliphatic carbocycles. The van der Waals surface area contributed by atoms with Crippen LogP contribution in [0.3, 0.4) is 0 Å².